The van der Waals surface area contributed by atoms with Crippen molar-refractivity contribution in [2.75, 3.05) is 0 Å². The summed E-state index contributed by atoms with van der Waals surface area (Å²) in [7, 11) is 0. The first-order chi connectivity index (χ1) is 12.7. The van der Waals surface area contributed by atoms with E-state index in [1.165, 1.54) is 0 Å². The number of fused-ring (bicyclic) bond motifs is 1. The second-order valence-electron chi connectivity index (χ2n) is 8.58. The highest BCUT2D eigenvalue weighted by molar-refractivity contribution is 5.88. The molecular weight excluding hydrogens is 338 g/mol. The summed E-state index contributed by atoms with van der Waals surface area (Å²) in [5.41, 5.74) is 6.17. The lowest BCUT2D eigenvalue weighted by Gasteiger charge is -2.21. The number of H-pyrrole nitrogens is 1. The molecule has 138 valence electrons. The Bertz CT molecular complexity index is 1030. The molecule has 0 aliphatic heterocycles. The highest BCUT2D eigenvalue weighted by atomic mass is 16.4. The fraction of sp³-hybridized carbons (Fsp3) is 0.318. The maximum absolute atomic E-state index is 11.0. The molecule has 27 heavy (non-hydrogen) atoms. The van der Waals surface area contributed by atoms with Gasteiger partial charge in [0.1, 0.15) is 5.69 Å². The number of benzene rings is 1. The maximum atomic E-state index is 11.0. The number of rotatable bonds is 3. The summed E-state index contributed by atoms with van der Waals surface area (Å²) in [6.07, 6.45) is 4.78. The Hall–Kier alpha value is -2.95. The molecule has 1 aliphatic rings. The molecule has 1 aliphatic carbocycles. The van der Waals surface area contributed by atoms with Crippen LogP contribution in [-0.4, -0.2) is 26.0 Å². The first kappa shape index (κ1) is 17.5. The molecule has 5 heteroatoms. The van der Waals surface area contributed by atoms with Crippen molar-refractivity contribution in [3.63, 3.8) is 0 Å². The van der Waals surface area contributed by atoms with E-state index < -0.39 is 5.97 Å². The Morgan fingerprint density at radius 1 is 1.04 bits per heavy atom. The predicted molar refractivity (Wildman–Crippen MR) is 105 cm³/mol. The van der Waals surface area contributed by atoms with Crippen molar-refractivity contribution in [3.05, 3.63) is 59.7 Å². The Kier molecular flexibility index (Phi) is 3.74. The topological polar surface area (TPSA) is 78.9 Å². The molecule has 0 saturated heterocycles. The molecular formula is C22H23N3O2. The highest BCUT2D eigenvalue weighted by Gasteiger charge is 2.44. The molecule has 2 heterocycles. The molecule has 0 atom stereocenters. The molecule has 0 bridgehead atoms. The third-order valence-corrected chi connectivity index (χ3v) is 5.36. The summed E-state index contributed by atoms with van der Waals surface area (Å²) in [6.45, 7) is 8.90. The minimum atomic E-state index is -0.921. The first-order valence-electron chi connectivity index (χ1n) is 9.08. The van der Waals surface area contributed by atoms with Gasteiger partial charge in [0, 0.05) is 17.0 Å². The van der Waals surface area contributed by atoms with E-state index in [9.17, 15) is 4.79 Å². The smallest absolute Gasteiger partial charge is 0.335 e. The van der Waals surface area contributed by atoms with Gasteiger partial charge < -0.3 is 10.1 Å². The van der Waals surface area contributed by atoms with Gasteiger partial charge in [-0.3, -0.25) is 4.98 Å². The summed E-state index contributed by atoms with van der Waals surface area (Å²) in [5, 5.41) is 9.03. The Morgan fingerprint density at radius 3 is 2.37 bits per heavy atom. The van der Waals surface area contributed by atoms with Crippen LogP contribution in [0.25, 0.3) is 22.5 Å². The van der Waals surface area contributed by atoms with Crippen LogP contribution in [0.4, 0.5) is 0 Å². The lowest BCUT2D eigenvalue weighted by atomic mass is 9.83. The van der Waals surface area contributed by atoms with Crippen molar-refractivity contribution < 1.29 is 9.90 Å². The Balaban J connectivity index is 1.69. The zero-order valence-corrected chi connectivity index (χ0v) is 16.0. The molecule has 5 nitrogen and oxygen atoms in total. The van der Waals surface area contributed by atoms with E-state index in [0.717, 1.165) is 40.3 Å². The number of hydrogen-bond acceptors (Lipinski definition) is 3. The normalized spacial score (nSPS) is 16.9. The number of nitrogens with one attached hydrogen (secondary N) is 1. The molecule has 0 radical (unpaired) electrons. The predicted octanol–water partition coefficient (Wildman–Crippen LogP) is 4.80. The number of carboxylic acid groups (broad SMARTS) is 1. The molecule has 0 spiro atoms. The lowest BCUT2D eigenvalue weighted by molar-refractivity contribution is 0.0697. The van der Waals surface area contributed by atoms with E-state index in [-0.39, 0.29) is 16.4 Å². The van der Waals surface area contributed by atoms with E-state index in [2.05, 4.69) is 32.7 Å². The van der Waals surface area contributed by atoms with Crippen LogP contribution < -0.4 is 0 Å². The van der Waals surface area contributed by atoms with Gasteiger partial charge in [0.25, 0.3) is 0 Å². The number of carbonyl (C=O) groups is 1. The summed E-state index contributed by atoms with van der Waals surface area (Å²) in [5.74, 6) is -0.921. The minimum absolute atomic E-state index is 0.00390. The van der Waals surface area contributed by atoms with E-state index in [1.54, 1.807) is 12.1 Å². The van der Waals surface area contributed by atoms with Crippen molar-refractivity contribution in [2.45, 2.75) is 44.9 Å². The van der Waals surface area contributed by atoms with Crippen LogP contribution in [0.1, 0.15) is 55.9 Å². The quantitative estimate of drug-likeness (QED) is 0.702. The average Bonchev–Trinajstić information content (AvgIpc) is 3.16. The number of aromatic nitrogens is 3. The zero-order chi connectivity index (χ0) is 19.4. The molecule has 3 aromatic rings. The van der Waals surface area contributed by atoms with Crippen LogP contribution in [-0.2, 0) is 10.8 Å². The molecule has 0 amide bonds. The molecule has 4 rings (SSSR count). The van der Waals surface area contributed by atoms with Crippen molar-refractivity contribution in [1.82, 2.24) is 15.0 Å². The first-order valence-corrected chi connectivity index (χ1v) is 9.08. The number of carboxylic acids is 1. The molecule has 0 fully saturated rings. The van der Waals surface area contributed by atoms with Gasteiger partial charge in [0.15, 0.2) is 0 Å². The highest BCUT2D eigenvalue weighted by Crippen LogP contribution is 2.47. The summed E-state index contributed by atoms with van der Waals surface area (Å²) < 4.78 is 0. The summed E-state index contributed by atoms with van der Waals surface area (Å²) in [6, 6.07) is 8.89. The van der Waals surface area contributed by atoms with Gasteiger partial charge in [-0.05, 0) is 35.7 Å². The zero-order valence-electron chi connectivity index (χ0n) is 16.0. The van der Waals surface area contributed by atoms with E-state index in [0.29, 0.717) is 0 Å². The number of nitrogens with zero attached hydrogens (tertiary/aromatic N) is 2. The third-order valence-electron chi connectivity index (χ3n) is 5.36. The minimum Gasteiger partial charge on any atom is -0.478 e. The third kappa shape index (κ3) is 2.93. The van der Waals surface area contributed by atoms with E-state index >= 15 is 0 Å². The average molecular weight is 361 g/mol. The molecule has 0 unspecified atom stereocenters. The van der Waals surface area contributed by atoms with Crippen molar-refractivity contribution >= 4 is 5.97 Å². The van der Waals surface area contributed by atoms with Crippen molar-refractivity contribution in [1.29, 1.82) is 0 Å². The monoisotopic (exact) mass is 361 g/mol. The molecule has 2 N–H and O–H groups in total. The molecule has 2 aromatic heterocycles. The van der Waals surface area contributed by atoms with Gasteiger partial charge in [-0.25, -0.2) is 9.78 Å². The van der Waals surface area contributed by atoms with Gasteiger partial charge in [0.05, 0.1) is 28.8 Å². The van der Waals surface area contributed by atoms with E-state index in [1.807, 2.05) is 30.6 Å². The molecule has 0 saturated carbocycles. The summed E-state index contributed by atoms with van der Waals surface area (Å²) in [4.78, 5) is 24.0. The summed E-state index contributed by atoms with van der Waals surface area (Å²) >= 11 is 0. The SMILES string of the molecule is CC1(C)CC(C)(C)c2nc(-c3cc(-c4ccc(C(=O)O)cc4)c[nH]3)cnc21. The molecule has 1 aromatic carbocycles. The number of aromatic carboxylic acids is 1. The van der Waals surface area contributed by atoms with Crippen LogP contribution in [0.2, 0.25) is 0 Å². The number of aromatic amines is 1. The largest absolute Gasteiger partial charge is 0.478 e. The maximum Gasteiger partial charge on any atom is 0.335 e. The number of hydrogen-bond donors (Lipinski definition) is 2. The van der Waals surface area contributed by atoms with Gasteiger partial charge in [-0.1, -0.05) is 39.8 Å². The second kappa shape index (κ2) is 5.78. The fourth-order valence-electron chi connectivity index (χ4n) is 4.27. The van der Waals surface area contributed by atoms with Gasteiger partial charge >= 0.3 is 5.97 Å². The van der Waals surface area contributed by atoms with Gasteiger partial charge in [-0.15, -0.1) is 0 Å². The van der Waals surface area contributed by atoms with Crippen LogP contribution in [0.3, 0.4) is 0 Å². The van der Waals surface area contributed by atoms with E-state index in [4.69, 9.17) is 15.1 Å². The van der Waals surface area contributed by atoms with Crippen molar-refractivity contribution in [3.8, 4) is 22.5 Å². The fourth-order valence-corrected chi connectivity index (χ4v) is 4.27. The lowest BCUT2D eigenvalue weighted by Crippen LogP contribution is -2.18. The van der Waals surface area contributed by atoms with Crippen molar-refractivity contribution in [2.24, 2.45) is 0 Å². The van der Waals surface area contributed by atoms with Crippen LogP contribution in [0, 0.1) is 0 Å². The van der Waals surface area contributed by atoms with Crippen LogP contribution in [0.5, 0.6) is 0 Å². The second-order valence-corrected chi connectivity index (χ2v) is 8.58. The van der Waals surface area contributed by atoms with Crippen LogP contribution >= 0.6 is 0 Å². The van der Waals surface area contributed by atoms with Crippen LogP contribution in [0.15, 0.2) is 42.7 Å². The Morgan fingerprint density at radius 2 is 1.70 bits per heavy atom. The van der Waals surface area contributed by atoms with Gasteiger partial charge in [-0.2, -0.15) is 0 Å². The van der Waals surface area contributed by atoms with Gasteiger partial charge in [0.2, 0.25) is 0 Å². The standard InChI is InChI=1S/C22H23N3O2/c1-21(2)12-22(3,4)19-18(21)24-11-17(25-19)16-9-15(10-23-16)13-5-7-14(8-6-13)20(26)27/h5-11,23H,12H2,1-4H3,(H,26,27). The Labute approximate surface area is 158 Å².